The molecule has 0 amide bonds. The summed E-state index contributed by atoms with van der Waals surface area (Å²) in [6, 6.07) is 5.88. The number of rotatable bonds is 8. The van der Waals surface area contributed by atoms with Crippen molar-refractivity contribution in [1.29, 1.82) is 0 Å². The normalized spacial score (nSPS) is 10.6. The molecule has 1 heterocycles. The van der Waals surface area contributed by atoms with Gasteiger partial charge >= 0.3 is 0 Å². The fourth-order valence-corrected chi connectivity index (χ4v) is 2.04. The summed E-state index contributed by atoms with van der Waals surface area (Å²) >= 11 is 0. The van der Waals surface area contributed by atoms with Crippen LogP contribution in [0.1, 0.15) is 25.0 Å². The van der Waals surface area contributed by atoms with Gasteiger partial charge in [0.1, 0.15) is 18.1 Å². The Hall–Kier alpha value is -2.01. The zero-order valence-corrected chi connectivity index (χ0v) is 12.9. The number of nitrogens with zero attached hydrogens (tertiary/aromatic N) is 2. The van der Waals surface area contributed by atoms with Gasteiger partial charge in [-0.3, -0.25) is 4.68 Å². The average molecular weight is 289 g/mol. The highest BCUT2D eigenvalue weighted by Crippen LogP contribution is 2.25. The van der Waals surface area contributed by atoms with Crippen molar-refractivity contribution >= 4 is 0 Å². The molecule has 0 aliphatic rings. The van der Waals surface area contributed by atoms with E-state index in [-0.39, 0.29) is 0 Å². The maximum atomic E-state index is 5.93. The monoisotopic (exact) mass is 289 g/mol. The summed E-state index contributed by atoms with van der Waals surface area (Å²) < 4.78 is 13.1. The van der Waals surface area contributed by atoms with Gasteiger partial charge in [-0.25, -0.2) is 0 Å². The third-order valence-electron chi connectivity index (χ3n) is 3.24. The van der Waals surface area contributed by atoms with Gasteiger partial charge in [0, 0.05) is 30.4 Å². The molecule has 0 bridgehead atoms. The Morgan fingerprint density at radius 3 is 2.81 bits per heavy atom. The summed E-state index contributed by atoms with van der Waals surface area (Å²) in [6.45, 7) is 7.21. The van der Waals surface area contributed by atoms with Crippen LogP contribution in [0, 0.1) is 0 Å². The molecule has 21 heavy (non-hydrogen) atoms. The molecule has 5 heteroatoms. The lowest BCUT2D eigenvalue weighted by atomic mass is 10.2. The smallest absolute Gasteiger partial charge is 0.124 e. The van der Waals surface area contributed by atoms with Crippen LogP contribution in [0.2, 0.25) is 0 Å². The molecule has 0 radical (unpaired) electrons. The number of hydrogen-bond donors (Lipinski definition) is 1. The van der Waals surface area contributed by atoms with Crippen molar-refractivity contribution < 1.29 is 9.47 Å². The first kappa shape index (κ1) is 15.4. The second-order valence-electron chi connectivity index (χ2n) is 4.75. The quantitative estimate of drug-likeness (QED) is 0.811. The number of aryl methyl sites for hydroxylation is 1. The van der Waals surface area contributed by atoms with Gasteiger partial charge in [-0.2, -0.15) is 5.10 Å². The van der Waals surface area contributed by atoms with Gasteiger partial charge in [0.05, 0.1) is 13.3 Å². The molecule has 0 fully saturated rings. The Morgan fingerprint density at radius 2 is 2.14 bits per heavy atom. The lowest BCUT2D eigenvalue weighted by Crippen LogP contribution is -2.13. The molecule has 2 aromatic rings. The second kappa shape index (κ2) is 7.69. The Balaban J connectivity index is 2.06. The van der Waals surface area contributed by atoms with Crippen molar-refractivity contribution in [3.05, 3.63) is 41.7 Å². The van der Waals surface area contributed by atoms with Crippen LogP contribution in [-0.2, 0) is 19.7 Å². The highest BCUT2D eigenvalue weighted by Gasteiger charge is 2.07. The summed E-state index contributed by atoms with van der Waals surface area (Å²) in [6.07, 6.45) is 3.85. The molecule has 5 nitrogen and oxygen atoms in total. The minimum Gasteiger partial charge on any atom is -0.497 e. The Kier molecular flexibility index (Phi) is 5.63. The number of methoxy groups -OCH3 is 1. The molecule has 0 atom stereocenters. The predicted molar refractivity (Wildman–Crippen MR) is 82.6 cm³/mol. The van der Waals surface area contributed by atoms with E-state index in [9.17, 15) is 0 Å². The first-order valence-electron chi connectivity index (χ1n) is 7.28. The van der Waals surface area contributed by atoms with Gasteiger partial charge in [-0.15, -0.1) is 0 Å². The SMILES string of the molecule is CCNCc1cc(OC)ccc1OCc1cnn(CC)c1. The van der Waals surface area contributed by atoms with Gasteiger partial charge in [0.15, 0.2) is 0 Å². The summed E-state index contributed by atoms with van der Waals surface area (Å²) in [4.78, 5) is 0. The van der Waals surface area contributed by atoms with Crippen molar-refractivity contribution in [2.45, 2.75) is 33.5 Å². The van der Waals surface area contributed by atoms with Crippen LogP contribution in [-0.4, -0.2) is 23.4 Å². The van der Waals surface area contributed by atoms with Gasteiger partial charge in [-0.1, -0.05) is 6.92 Å². The Morgan fingerprint density at radius 1 is 1.29 bits per heavy atom. The number of nitrogens with one attached hydrogen (secondary N) is 1. The zero-order chi connectivity index (χ0) is 15.1. The molecule has 1 aromatic heterocycles. The fourth-order valence-electron chi connectivity index (χ4n) is 2.04. The fraction of sp³-hybridized carbons (Fsp3) is 0.438. The zero-order valence-electron chi connectivity index (χ0n) is 12.9. The van der Waals surface area contributed by atoms with Crippen LogP contribution in [0.3, 0.4) is 0 Å². The molecule has 0 aliphatic carbocycles. The van der Waals surface area contributed by atoms with Crippen LogP contribution >= 0.6 is 0 Å². The predicted octanol–water partition coefficient (Wildman–Crippen LogP) is 2.60. The Labute approximate surface area is 125 Å². The van der Waals surface area contributed by atoms with Crippen LogP contribution in [0.25, 0.3) is 0 Å². The molecular formula is C16H23N3O2. The largest absolute Gasteiger partial charge is 0.497 e. The molecule has 0 unspecified atom stereocenters. The van der Waals surface area contributed by atoms with Gasteiger partial charge in [0.25, 0.3) is 0 Å². The first-order chi connectivity index (χ1) is 10.3. The number of aromatic nitrogens is 2. The van der Waals surface area contributed by atoms with Gasteiger partial charge < -0.3 is 14.8 Å². The van der Waals surface area contributed by atoms with E-state index >= 15 is 0 Å². The minimum absolute atomic E-state index is 0.519. The summed E-state index contributed by atoms with van der Waals surface area (Å²) in [5, 5.41) is 7.57. The van der Waals surface area contributed by atoms with Crippen LogP contribution < -0.4 is 14.8 Å². The van der Waals surface area contributed by atoms with Gasteiger partial charge in [0.2, 0.25) is 0 Å². The molecule has 1 N–H and O–H groups in total. The van der Waals surface area contributed by atoms with Crippen molar-refractivity contribution in [3.63, 3.8) is 0 Å². The lowest BCUT2D eigenvalue weighted by Gasteiger charge is -2.12. The van der Waals surface area contributed by atoms with Crippen LogP contribution in [0.15, 0.2) is 30.6 Å². The topological polar surface area (TPSA) is 48.3 Å². The van der Waals surface area contributed by atoms with Crippen molar-refractivity contribution in [2.24, 2.45) is 0 Å². The standard InChI is InChI=1S/C16H23N3O2/c1-4-17-10-14-8-15(20-3)6-7-16(14)21-12-13-9-18-19(5-2)11-13/h6-9,11,17H,4-5,10,12H2,1-3H3. The number of ether oxygens (including phenoxy) is 2. The van der Waals surface area contributed by atoms with E-state index in [0.29, 0.717) is 6.61 Å². The number of hydrogen-bond acceptors (Lipinski definition) is 4. The lowest BCUT2D eigenvalue weighted by molar-refractivity contribution is 0.301. The van der Waals surface area contributed by atoms with E-state index in [2.05, 4.69) is 24.3 Å². The molecule has 0 saturated heterocycles. The molecule has 1 aromatic carbocycles. The molecule has 2 rings (SSSR count). The molecule has 0 saturated carbocycles. The summed E-state index contributed by atoms with van der Waals surface area (Å²) in [5.74, 6) is 1.72. The van der Waals surface area contributed by atoms with Crippen molar-refractivity contribution in [2.75, 3.05) is 13.7 Å². The highest BCUT2D eigenvalue weighted by atomic mass is 16.5. The molecule has 114 valence electrons. The van der Waals surface area contributed by atoms with E-state index in [1.54, 1.807) is 7.11 Å². The maximum Gasteiger partial charge on any atom is 0.124 e. The molecule has 0 aliphatic heterocycles. The van der Waals surface area contributed by atoms with E-state index in [0.717, 1.165) is 42.3 Å². The second-order valence-corrected chi connectivity index (χ2v) is 4.75. The van der Waals surface area contributed by atoms with Crippen molar-refractivity contribution in [1.82, 2.24) is 15.1 Å². The maximum absolute atomic E-state index is 5.93. The number of benzene rings is 1. The minimum atomic E-state index is 0.519. The third kappa shape index (κ3) is 4.23. The summed E-state index contributed by atoms with van der Waals surface area (Å²) in [5.41, 5.74) is 2.17. The summed E-state index contributed by atoms with van der Waals surface area (Å²) in [7, 11) is 1.67. The van der Waals surface area contributed by atoms with E-state index in [1.807, 2.05) is 35.3 Å². The highest BCUT2D eigenvalue weighted by molar-refractivity contribution is 5.40. The third-order valence-corrected chi connectivity index (χ3v) is 3.24. The van der Waals surface area contributed by atoms with Gasteiger partial charge in [-0.05, 0) is 31.7 Å². The van der Waals surface area contributed by atoms with Crippen LogP contribution in [0.5, 0.6) is 11.5 Å². The molecule has 0 spiro atoms. The first-order valence-corrected chi connectivity index (χ1v) is 7.28. The average Bonchev–Trinajstić information content (AvgIpc) is 2.99. The van der Waals surface area contributed by atoms with Crippen LogP contribution in [0.4, 0.5) is 0 Å². The van der Waals surface area contributed by atoms with E-state index < -0.39 is 0 Å². The molecular weight excluding hydrogens is 266 g/mol. The van der Waals surface area contributed by atoms with E-state index in [4.69, 9.17) is 9.47 Å². The van der Waals surface area contributed by atoms with E-state index in [1.165, 1.54) is 0 Å². The Bertz CT molecular complexity index is 566. The van der Waals surface area contributed by atoms with Crippen molar-refractivity contribution in [3.8, 4) is 11.5 Å².